The number of pyridine rings is 2. The minimum atomic E-state index is 0.880. The molecule has 0 aliphatic heterocycles. The number of aromatic nitrogens is 2. The van der Waals surface area contributed by atoms with Gasteiger partial charge < -0.3 is 0 Å². The number of nitrogens with zero attached hydrogens (tertiary/aromatic N) is 2. The molecule has 0 aliphatic carbocycles. The largest absolute Gasteiger partial charge is 0.246 e. The summed E-state index contributed by atoms with van der Waals surface area (Å²) in [6, 6.07) is 46.6. The molecule has 0 atom stereocenters. The summed E-state index contributed by atoms with van der Waals surface area (Å²) in [5.74, 6) is 0. The molecule has 7 aromatic rings. The van der Waals surface area contributed by atoms with E-state index in [9.17, 15) is 0 Å². The van der Waals surface area contributed by atoms with Gasteiger partial charge in [0.2, 0.25) is 0 Å². The number of para-hydroxylation sites is 1. The number of hydrogen-bond acceptors (Lipinski definition) is 2. The Bertz CT molecular complexity index is 1890. The highest BCUT2D eigenvalue weighted by molar-refractivity contribution is 6.10. The lowest BCUT2D eigenvalue weighted by Gasteiger charge is -2.13. The third kappa shape index (κ3) is 3.35. The van der Waals surface area contributed by atoms with Crippen LogP contribution in [0.5, 0.6) is 0 Å². The molecule has 168 valence electrons. The average molecular weight is 459 g/mol. The SMILES string of the molecule is c1ccc(-c2ccc(-c3cccc(-c4nc5ccccc5c5ccccc45)n3)c3ccccc23)cc1. The molecule has 0 saturated heterocycles. The van der Waals surface area contributed by atoms with Crippen molar-refractivity contribution in [2.24, 2.45) is 0 Å². The van der Waals surface area contributed by atoms with Crippen LogP contribution in [0.2, 0.25) is 0 Å². The summed E-state index contributed by atoms with van der Waals surface area (Å²) in [6.07, 6.45) is 0. The van der Waals surface area contributed by atoms with E-state index in [1.165, 1.54) is 27.3 Å². The fourth-order valence-corrected chi connectivity index (χ4v) is 5.21. The van der Waals surface area contributed by atoms with Crippen LogP contribution in [0.3, 0.4) is 0 Å². The molecule has 7 rings (SSSR count). The Morgan fingerprint density at radius 2 is 0.917 bits per heavy atom. The van der Waals surface area contributed by atoms with E-state index in [-0.39, 0.29) is 0 Å². The lowest BCUT2D eigenvalue weighted by molar-refractivity contribution is 1.29. The summed E-state index contributed by atoms with van der Waals surface area (Å²) in [5.41, 5.74) is 7.29. The van der Waals surface area contributed by atoms with Crippen molar-refractivity contribution in [1.29, 1.82) is 0 Å². The maximum absolute atomic E-state index is 5.16. The molecule has 0 aliphatic rings. The summed E-state index contributed by atoms with van der Waals surface area (Å²) >= 11 is 0. The molecule has 5 aromatic carbocycles. The second-order valence-electron chi connectivity index (χ2n) is 9.00. The van der Waals surface area contributed by atoms with Crippen molar-refractivity contribution in [2.75, 3.05) is 0 Å². The van der Waals surface area contributed by atoms with Gasteiger partial charge in [-0.15, -0.1) is 0 Å². The van der Waals surface area contributed by atoms with Gasteiger partial charge in [-0.05, 0) is 45.5 Å². The van der Waals surface area contributed by atoms with Gasteiger partial charge in [-0.1, -0.05) is 115 Å². The predicted molar refractivity (Wildman–Crippen MR) is 151 cm³/mol. The van der Waals surface area contributed by atoms with E-state index < -0.39 is 0 Å². The predicted octanol–water partition coefficient (Wildman–Crippen LogP) is 8.94. The van der Waals surface area contributed by atoms with E-state index in [0.29, 0.717) is 0 Å². The Morgan fingerprint density at radius 1 is 0.333 bits per heavy atom. The summed E-state index contributed by atoms with van der Waals surface area (Å²) in [4.78, 5) is 10.2. The summed E-state index contributed by atoms with van der Waals surface area (Å²) in [5, 5.41) is 5.89. The molecule has 0 saturated carbocycles. The van der Waals surface area contributed by atoms with Crippen LogP contribution in [0.1, 0.15) is 0 Å². The van der Waals surface area contributed by atoms with E-state index in [4.69, 9.17) is 9.97 Å². The van der Waals surface area contributed by atoms with Gasteiger partial charge in [0.1, 0.15) is 0 Å². The molecule has 0 spiro atoms. The lowest BCUT2D eigenvalue weighted by atomic mass is 9.93. The number of benzene rings is 5. The van der Waals surface area contributed by atoms with E-state index in [1.54, 1.807) is 0 Å². The van der Waals surface area contributed by atoms with Gasteiger partial charge in [0.25, 0.3) is 0 Å². The highest BCUT2D eigenvalue weighted by atomic mass is 14.8. The molecule has 0 bridgehead atoms. The molecule has 2 heterocycles. The maximum Gasteiger partial charge on any atom is 0.0972 e. The van der Waals surface area contributed by atoms with Gasteiger partial charge in [0, 0.05) is 16.3 Å². The standard InChI is InChI=1S/C34H22N2/c1-2-11-23(12-3-1)24-21-22-29(26-14-5-4-13-25(24)26)31-19-10-20-33(35-31)34-30-17-7-6-15-27(30)28-16-8-9-18-32(28)36-34/h1-22H. The first-order chi connectivity index (χ1) is 17.9. The zero-order valence-electron chi connectivity index (χ0n) is 19.6. The Morgan fingerprint density at radius 3 is 1.72 bits per heavy atom. The van der Waals surface area contributed by atoms with E-state index in [0.717, 1.165) is 38.9 Å². The van der Waals surface area contributed by atoms with E-state index in [2.05, 4.69) is 127 Å². The second-order valence-corrected chi connectivity index (χ2v) is 9.00. The molecule has 0 radical (unpaired) electrons. The van der Waals surface area contributed by atoms with E-state index >= 15 is 0 Å². The molecule has 0 N–H and O–H groups in total. The number of rotatable bonds is 3. The van der Waals surface area contributed by atoms with Crippen LogP contribution in [-0.2, 0) is 0 Å². The van der Waals surface area contributed by atoms with Crippen molar-refractivity contribution >= 4 is 32.4 Å². The van der Waals surface area contributed by atoms with Crippen LogP contribution in [0.4, 0.5) is 0 Å². The second kappa shape index (κ2) is 8.44. The molecular weight excluding hydrogens is 436 g/mol. The van der Waals surface area contributed by atoms with Crippen LogP contribution in [0.15, 0.2) is 133 Å². The molecule has 0 fully saturated rings. The molecule has 0 unspecified atom stereocenters. The number of hydrogen-bond donors (Lipinski definition) is 0. The third-order valence-corrected chi connectivity index (χ3v) is 6.89. The molecule has 2 heteroatoms. The summed E-state index contributed by atoms with van der Waals surface area (Å²) < 4.78 is 0. The summed E-state index contributed by atoms with van der Waals surface area (Å²) in [6.45, 7) is 0. The van der Waals surface area contributed by atoms with Crippen LogP contribution in [0, 0.1) is 0 Å². The molecule has 36 heavy (non-hydrogen) atoms. The highest BCUT2D eigenvalue weighted by Gasteiger charge is 2.14. The normalized spacial score (nSPS) is 11.3. The van der Waals surface area contributed by atoms with Crippen LogP contribution >= 0.6 is 0 Å². The zero-order chi connectivity index (χ0) is 23.9. The maximum atomic E-state index is 5.16. The van der Waals surface area contributed by atoms with Crippen molar-refractivity contribution < 1.29 is 0 Å². The van der Waals surface area contributed by atoms with Gasteiger partial charge in [-0.25, -0.2) is 9.97 Å². The topological polar surface area (TPSA) is 25.8 Å². The van der Waals surface area contributed by atoms with Gasteiger partial charge in [0.15, 0.2) is 0 Å². The Balaban J connectivity index is 1.44. The minimum Gasteiger partial charge on any atom is -0.246 e. The quantitative estimate of drug-likeness (QED) is 0.247. The van der Waals surface area contributed by atoms with Crippen molar-refractivity contribution in [2.45, 2.75) is 0 Å². The van der Waals surface area contributed by atoms with Crippen molar-refractivity contribution in [1.82, 2.24) is 9.97 Å². The fraction of sp³-hybridized carbons (Fsp3) is 0. The average Bonchev–Trinajstić information content (AvgIpc) is 2.97. The molecular formula is C34H22N2. The van der Waals surface area contributed by atoms with Gasteiger partial charge in [0.05, 0.1) is 22.6 Å². The van der Waals surface area contributed by atoms with Crippen molar-refractivity contribution in [3.05, 3.63) is 133 Å². The first kappa shape index (κ1) is 20.5. The third-order valence-electron chi connectivity index (χ3n) is 6.89. The van der Waals surface area contributed by atoms with Gasteiger partial charge >= 0.3 is 0 Å². The Labute approximate surface area is 209 Å². The first-order valence-corrected chi connectivity index (χ1v) is 12.2. The molecule has 0 amide bonds. The highest BCUT2D eigenvalue weighted by Crippen LogP contribution is 2.36. The fourth-order valence-electron chi connectivity index (χ4n) is 5.21. The molecule has 2 nitrogen and oxygen atoms in total. The van der Waals surface area contributed by atoms with Crippen LogP contribution < -0.4 is 0 Å². The Hall–Kier alpha value is -4.82. The zero-order valence-corrected chi connectivity index (χ0v) is 19.6. The smallest absolute Gasteiger partial charge is 0.0972 e. The van der Waals surface area contributed by atoms with Crippen molar-refractivity contribution in [3.8, 4) is 33.8 Å². The monoisotopic (exact) mass is 458 g/mol. The van der Waals surface area contributed by atoms with Crippen LogP contribution in [-0.4, -0.2) is 9.97 Å². The van der Waals surface area contributed by atoms with Crippen molar-refractivity contribution in [3.63, 3.8) is 0 Å². The molecule has 2 aromatic heterocycles. The van der Waals surface area contributed by atoms with Gasteiger partial charge in [-0.2, -0.15) is 0 Å². The number of fused-ring (bicyclic) bond motifs is 4. The Kier molecular flexibility index (Phi) is 4.82. The minimum absolute atomic E-state index is 0.880. The van der Waals surface area contributed by atoms with Crippen LogP contribution in [0.25, 0.3) is 66.2 Å². The summed E-state index contributed by atoms with van der Waals surface area (Å²) in [7, 11) is 0. The van der Waals surface area contributed by atoms with E-state index in [1.807, 2.05) is 6.07 Å². The lowest BCUT2D eigenvalue weighted by Crippen LogP contribution is -1.94. The van der Waals surface area contributed by atoms with Gasteiger partial charge in [-0.3, -0.25) is 0 Å². The first-order valence-electron chi connectivity index (χ1n) is 12.2.